The molecule has 0 spiro atoms. The van der Waals surface area contributed by atoms with Crippen LogP contribution >= 0.6 is 23.0 Å². The summed E-state index contributed by atoms with van der Waals surface area (Å²) < 4.78 is 61.5. The third-order valence-electron chi connectivity index (χ3n) is 4.61. The van der Waals surface area contributed by atoms with Crippen LogP contribution in [0.25, 0.3) is 11.3 Å². The van der Waals surface area contributed by atoms with Crippen molar-refractivity contribution in [3.8, 4) is 17.0 Å². The number of benzene rings is 2. The molecule has 0 bridgehead atoms. The molecule has 0 saturated heterocycles. The lowest BCUT2D eigenvalue weighted by Crippen LogP contribution is -2.25. The summed E-state index contributed by atoms with van der Waals surface area (Å²) in [5, 5.41) is 22.0. The number of aromatic hydroxyl groups is 1. The van der Waals surface area contributed by atoms with Gasteiger partial charge in [-0.15, -0.1) is 10.8 Å². The first-order valence-electron chi connectivity index (χ1n) is 9.91. The Morgan fingerprint density at radius 1 is 1.11 bits per heavy atom. The van der Waals surface area contributed by atoms with Crippen LogP contribution in [0.4, 0.5) is 24.5 Å². The van der Waals surface area contributed by atoms with Crippen molar-refractivity contribution in [2.24, 2.45) is 12.1 Å². The highest BCUT2D eigenvalue weighted by molar-refractivity contribution is 8.24. The number of hydrogen-bond acceptors (Lipinski definition) is 7. The topological polar surface area (TPSA) is 127 Å². The monoisotopic (exact) mass is 528 g/mol. The molecule has 0 radical (unpaired) electrons. The van der Waals surface area contributed by atoms with Gasteiger partial charge in [-0.25, -0.2) is 0 Å². The second-order valence-electron chi connectivity index (χ2n) is 7.52. The van der Waals surface area contributed by atoms with E-state index in [0.29, 0.717) is 16.9 Å². The van der Waals surface area contributed by atoms with Crippen molar-refractivity contribution in [2.75, 3.05) is 16.3 Å². The normalized spacial score (nSPS) is 12.9. The molecule has 1 aromatic heterocycles. The van der Waals surface area contributed by atoms with Crippen molar-refractivity contribution in [3.05, 3.63) is 59.8 Å². The second kappa shape index (κ2) is 10.1. The van der Waals surface area contributed by atoms with Gasteiger partial charge in [0.2, 0.25) is 0 Å². The summed E-state index contributed by atoms with van der Waals surface area (Å²) in [6, 6.07) is 11.0. The molecule has 14 heteroatoms. The van der Waals surface area contributed by atoms with Gasteiger partial charge in [0, 0.05) is 24.6 Å². The van der Waals surface area contributed by atoms with Crippen molar-refractivity contribution >= 4 is 45.2 Å². The highest BCUT2D eigenvalue weighted by atomic mass is 32.3. The second-order valence-corrected chi connectivity index (χ2v) is 9.80. The van der Waals surface area contributed by atoms with Crippen LogP contribution in [0.5, 0.6) is 5.75 Å². The lowest BCUT2D eigenvalue weighted by Gasteiger charge is -2.28. The number of aromatic nitrogens is 2. The summed E-state index contributed by atoms with van der Waals surface area (Å²) in [6.07, 6.45) is -3.20. The molecule has 1 heterocycles. The van der Waals surface area contributed by atoms with E-state index in [1.807, 2.05) is 0 Å². The van der Waals surface area contributed by atoms with E-state index in [9.17, 15) is 27.4 Å². The number of nitrogens with zero attached hydrogens (tertiary/aromatic N) is 3. The maximum absolute atomic E-state index is 12.8. The molecule has 3 rings (SSSR count). The van der Waals surface area contributed by atoms with Crippen LogP contribution in [0.3, 0.4) is 0 Å². The Balaban J connectivity index is 1.73. The SMILES string of the molecule is CC(=NNC(=S)Nc1cccc(NS(C)(O)O)c1)c1nn(C)c(-c2ccc(C(F)(F)F)cc2)c1O. The molecular formula is C21H23F3N6O3S2. The fourth-order valence-electron chi connectivity index (χ4n) is 3.13. The molecule has 9 nitrogen and oxygen atoms in total. The summed E-state index contributed by atoms with van der Waals surface area (Å²) in [5.74, 6) is -0.244. The van der Waals surface area contributed by atoms with Crippen molar-refractivity contribution in [3.63, 3.8) is 0 Å². The molecule has 0 aliphatic heterocycles. The maximum atomic E-state index is 12.8. The predicted molar refractivity (Wildman–Crippen MR) is 136 cm³/mol. The quantitative estimate of drug-likeness (QED) is 0.146. The van der Waals surface area contributed by atoms with Crippen LogP contribution in [-0.2, 0) is 13.2 Å². The Bertz CT molecular complexity index is 1250. The number of halogens is 3. The zero-order chi connectivity index (χ0) is 26.0. The van der Waals surface area contributed by atoms with E-state index < -0.39 is 22.5 Å². The Hall–Kier alpha value is -3.33. The van der Waals surface area contributed by atoms with Gasteiger partial charge in [-0.3, -0.25) is 23.9 Å². The standard InChI is InChI=1S/C21H23F3N6O3S2/c1-12(26-27-20(34)25-15-5-4-6-16(11-15)29-35(3,32)33)17-19(31)18(30(2)28-17)13-7-9-14(10-8-13)21(22,23)24/h4-11,29,31-33H,1-3H3,(H2,25,27,34). The molecule has 2 aromatic carbocycles. The van der Waals surface area contributed by atoms with Crippen LogP contribution in [0.2, 0.25) is 0 Å². The molecule has 0 unspecified atom stereocenters. The van der Waals surface area contributed by atoms with Gasteiger partial charge >= 0.3 is 6.18 Å². The van der Waals surface area contributed by atoms with E-state index in [4.69, 9.17) is 12.2 Å². The third-order valence-corrected chi connectivity index (χ3v) is 5.42. The molecule has 0 fully saturated rings. The molecule has 0 amide bonds. The molecule has 188 valence electrons. The molecule has 3 aromatic rings. The van der Waals surface area contributed by atoms with Gasteiger partial charge in [-0.1, -0.05) is 18.2 Å². The van der Waals surface area contributed by atoms with Crippen LogP contribution in [-0.4, -0.2) is 41.1 Å². The van der Waals surface area contributed by atoms with Crippen LogP contribution in [0.15, 0.2) is 53.6 Å². The van der Waals surface area contributed by atoms with Gasteiger partial charge in [0.1, 0.15) is 5.69 Å². The molecule has 35 heavy (non-hydrogen) atoms. The van der Waals surface area contributed by atoms with E-state index in [2.05, 4.69) is 25.7 Å². The zero-order valence-electron chi connectivity index (χ0n) is 18.8. The Labute approximate surface area is 206 Å². The molecule has 0 aliphatic carbocycles. The van der Waals surface area contributed by atoms with Crippen molar-refractivity contribution in [2.45, 2.75) is 13.1 Å². The fourth-order valence-corrected chi connectivity index (χ4v) is 3.86. The van der Waals surface area contributed by atoms with Crippen molar-refractivity contribution < 1.29 is 27.4 Å². The Morgan fingerprint density at radius 3 is 2.34 bits per heavy atom. The van der Waals surface area contributed by atoms with E-state index >= 15 is 0 Å². The molecule has 0 aliphatic rings. The Kier molecular flexibility index (Phi) is 7.59. The summed E-state index contributed by atoms with van der Waals surface area (Å²) >= 11 is 5.22. The number of alkyl halides is 3. The number of nitrogens with one attached hydrogen (secondary N) is 3. The maximum Gasteiger partial charge on any atom is 0.416 e. The number of thiocarbonyl (C=S) groups is 1. The minimum atomic E-state index is -4.46. The summed E-state index contributed by atoms with van der Waals surface area (Å²) in [7, 11) is -1.39. The summed E-state index contributed by atoms with van der Waals surface area (Å²) in [6.45, 7) is 1.57. The van der Waals surface area contributed by atoms with Crippen LogP contribution < -0.4 is 15.5 Å². The van der Waals surface area contributed by atoms with Gasteiger partial charge in [0.05, 0.1) is 17.0 Å². The number of hydrazone groups is 1. The number of anilines is 2. The van der Waals surface area contributed by atoms with E-state index in [-0.39, 0.29) is 28.0 Å². The zero-order valence-corrected chi connectivity index (χ0v) is 20.4. The summed E-state index contributed by atoms with van der Waals surface area (Å²) in [4.78, 5) is 0. The number of hydrogen-bond donors (Lipinski definition) is 6. The lowest BCUT2D eigenvalue weighted by atomic mass is 10.1. The smallest absolute Gasteiger partial charge is 0.416 e. The van der Waals surface area contributed by atoms with Crippen molar-refractivity contribution in [1.82, 2.24) is 15.2 Å². The van der Waals surface area contributed by atoms with Crippen LogP contribution in [0.1, 0.15) is 18.2 Å². The minimum absolute atomic E-state index is 0.114. The molecule has 6 N–H and O–H groups in total. The first kappa shape index (κ1) is 26.3. The van der Waals surface area contributed by atoms with Gasteiger partial charge in [0.15, 0.2) is 16.6 Å². The average molecular weight is 529 g/mol. The first-order valence-corrected chi connectivity index (χ1v) is 12.3. The van der Waals surface area contributed by atoms with Gasteiger partial charge in [0.25, 0.3) is 0 Å². The van der Waals surface area contributed by atoms with Gasteiger partial charge < -0.3 is 10.4 Å². The molecular weight excluding hydrogens is 505 g/mol. The third kappa shape index (κ3) is 6.85. The summed E-state index contributed by atoms with van der Waals surface area (Å²) in [5.41, 5.74) is 3.83. The van der Waals surface area contributed by atoms with Gasteiger partial charge in [-0.2, -0.15) is 23.4 Å². The average Bonchev–Trinajstić information content (AvgIpc) is 3.04. The molecule has 0 atom stereocenters. The number of rotatable bonds is 6. The van der Waals surface area contributed by atoms with Gasteiger partial charge in [-0.05, 0) is 49.5 Å². The van der Waals surface area contributed by atoms with E-state index in [1.165, 1.54) is 23.1 Å². The fraction of sp³-hybridized carbons (Fsp3) is 0.190. The minimum Gasteiger partial charge on any atom is -0.504 e. The Morgan fingerprint density at radius 2 is 1.74 bits per heavy atom. The molecule has 0 saturated carbocycles. The number of aryl methyl sites for hydroxylation is 1. The highest BCUT2D eigenvalue weighted by Gasteiger charge is 2.30. The van der Waals surface area contributed by atoms with Crippen molar-refractivity contribution in [1.29, 1.82) is 0 Å². The lowest BCUT2D eigenvalue weighted by molar-refractivity contribution is -0.137. The predicted octanol–water partition coefficient (Wildman–Crippen LogP) is 5.23. The first-order chi connectivity index (χ1) is 16.2. The highest BCUT2D eigenvalue weighted by Crippen LogP contribution is 2.36. The van der Waals surface area contributed by atoms with E-state index in [0.717, 1.165) is 12.1 Å². The van der Waals surface area contributed by atoms with Crippen LogP contribution in [0, 0.1) is 0 Å². The van der Waals surface area contributed by atoms with E-state index in [1.54, 1.807) is 38.2 Å². The largest absolute Gasteiger partial charge is 0.504 e.